The van der Waals surface area contributed by atoms with Crippen LogP contribution in [0.15, 0.2) is 58.6 Å². The van der Waals surface area contributed by atoms with E-state index in [0.29, 0.717) is 6.04 Å². The van der Waals surface area contributed by atoms with E-state index in [-0.39, 0.29) is 0 Å². The zero-order valence-corrected chi connectivity index (χ0v) is 13.4. The second-order valence-electron chi connectivity index (χ2n) is 6.23. The van der Waals surface area contributed by atoms with Crippen LogP contribution in [-0.2, 0) is 0 Å². The highest BCUT2D eigenvalue weighted by atomic mass is 32.2. The Morgan fingerprint density at radius 3 is 2.82 bits per heavy atom. The van der Waals surface area contributed by atoms with Crippen molar-refractivity contribution in [1.82, 2.24) is 4.98 Å². The third-order valence-corrected chi connectivity index (χ3v) is 5.65. The molecule has 0 spiro atoms. The Labute approximate surface area is 135 Å². The lowest BCUT2D eigenvalue weighted by Crippen LogP contribution is -2.34. The van der Waals surface area contributed by atoms with Crippen molar-refractivity contribution in [3.8, 4) is 0 Å². The molecule has 1 saturated heterocycles. The molecule has 2 N–H and O–H groups in total. The molecule has 4 rings (SSSR count). The molecule has 3 unspecified atom stereocenters. The summed E-state index contributed by atoms with van der Waals surface area (Å²) in [4.78, 5) is 9.53. The summed E-state index contributed by atoms with van der Waals surface area (Å²) in [6, 6.07) is 14.1. The maximum atomic E-state index is 5.79. The van der Waals surface area contributed by atoms with E-state index >= 15 is 0 Å². The predicted octanol–water partition coefficient (Wildman–Crippen LogP) is 3.55. The Hall–Kier alpha value is -1.52. The molecule has 2 aliphatic rings. The van der Waals surface area contributed by atoms with Gasteiger partial charge in [-0.25, -0.2) is 0 Å². The molecule has 1 aromatic heterocycles. The SMILES string of the molecule is NCCC1CC2CC2N1c1cncc(Sc2ccccc2)c1. The normalized spacial score (nSPS) is 26.0. The summed E-state index contributed by atoms with van der Waals surface area (Å²) in [5, 5.41) is 0. The molecular weight excluding hydrogens is 290 g/mol. The zero-order valence-electron chi connectivity index (χ0n) is 12.6. The van der Waals surface area contributed by atoms with Crippen LogP contribution in [0.5, 0.6) is 0 Å². The number of benzene rings is 1. The van der Waals surface area contributed by atoms with E-state index in [1.165, 1.54) is 28.3 Å². The van der Waals surface area contributed by atoms with Crippen molar-refractivity contribution in [2.45, 2.75) is 41.1 Å². The predicted molar refractivity (Wildman–Crippen MR) is 91.3 cm³/mol. The second kappa shape index (κ2) is 5.94. The molecule has 0 bridgehead atoms. The zero-order chi connectivity index (χ0) is 14.9. The monoisotopic (exact) mass is 311 g/mol. The minimum atomic E-state index is 0.604. The summed E-state index contributed by atoms with van der Waals surface area (Å²) in [7, 11) is 0. The highest BCUT2D eigenvalue weighted by Crippen LogP contribution is 2.50. The van der Waals surface area contributed by atoms with Crippen LogP contribution in [0.4, 0.5) is 5.69 Å². The van der Waals surface area contributed by atoms with Crippen molar-refractivity contribution in [2.24, 2.45) is 11.7 Å². The van der Waals surface area contributed by atoms with Gasteiger partial charge in [0.15, 0.2) is 0 Å². The Kier molecular flexibility index (Phi) is 3.80. The first-order valence-electron chi connectivity index (χ1n) is 8.01. The van der Waals surface area contributed by atoms with Crippen LogP contribution in [-0.4, -0.2) is 23.6 Å². The first-order valence-corrected chi connectivity index (χ1v) is 8.83. The lowest BCUT2D eigenvalue weighted by molar-refractivity contribution is 0.562. The summed E-state index contributed by atoms with van der Waals surface area (Å²) in [5.74, 6) is 0.891. The van der Waals surface area contributed by atoms with Crippen LogP contribution < -0.4 is 10.6 Å². The summed E-state index contributed by atoms with van der Waals surface area (Å²) >= 11 is 1.78. The van der Waals surface area contributed by atoms with Crippen LogP contribution in [0.25, 0.3) is 0 Å². The van der Waals surface area contributed by atoms with E-state index in [2.05, 4.69) is 40.2 Å². The fraction of sp³-hybridized carbons (Fsp3) is 0.389. The van der Waals surface area contributed by atoms with Crippen LogP contribution in [0.3, 0.4) is 0 Å². The molecule has 0 radical (unpaired) electrons. The average Bonchev–Trinajstić information content (AvgIpc) is 3.20. The molecule has 1 aliphatic carbocycles. The van der Waals surface area contributed by atoms with Gasteiger partial charge in [0.05, 0.1) is 11.9 Å². The molecule has 114 valence electrons. The number of nitrogens with two attached hydrogens (primary N) is 1. The van der Waals surface area contributed by atoms with Gasteiger partial charge in [-0.3, -0.25) is 4.98 Å². The van der Waals surface area contributed by atoms with E-state index in [1.54, 1.807) is 11.8 Å². The van der Waals surface area contributed by atoms with Crippen molar-refractivity contribution in [3.05, 3.63) is 48.8 Å². The second-order valence-corrected chi connectivity index (χ2v) is 7.38. The average molecular weight is 311 g/mol. The molecule has 2 fully saturated rings. The van der Waals surface area contributed by atoms with Gasteiger partial charge in [-0.1, -0.05) is 30.0 Å². The van der Waals surface area contributed by atoms with E-state index in [9.17, 15) is 0 Å². The Morgan fingerprint density at radius 2 is 2.00 bits per heavy atom. The number of hydrogen-bond donors (Lipinski definition) is 1. The van der Waals surface area contributed by atoms with Crippen molar-refractivity contribution in [3.63, 3.8) is 0 Å². The van der Waals surface area contributed by atoms with Crippen LogP contribution in [0, 0.1) is 5.92 Å². The molecular formula is C18H21N3S. The standard InChI is InChI=1S/C18H21N3S/c19-7-6-14-8-13-9-18(13)21(14)15-10-17(12-20-11-15)22-16-4-2-1-3-5-16/h1-5,10-14,18H,6-9,19H2. The van der Waals surface area contributed by atoms with Gasteiger partial charge in [-0.05, 0) is 49.9 Å². The number of fused-ring (bicyclic) bond motifs is 1. The molecule has 0 amide bonds. The summed E-state index contributed by atoms with van der Waals surface area (Å²) < 4.78 is 0. The first kappa shape index (κ1) is 14.1. The number of aromatic nitrogens is 1. The maximum Gasteiger partial charge on any atom is 0.0569 e. The van der Waals surface area contributed by atoms with E-state index < -0.39 is 0 Å². The lowest BCUT2D eigenvalue weighted by atomic mass is 10.1. The molecule has 2 heterocycles. The van der Waals surface area contributed by atoms with Gasteiger partial charge in [-0.15, -0.1) is 0 Å². The van der Waals surface area contributed by atoms with E-state index in [0.717, 1.165) is 24.9 Å². The highest BCUT2D eigenvalue weighted by molar-refractivity contribution is 7.99. The van der Waals surface area contributed by atoms with Crippen molar-refractivity contribution in [2.75, 3.05) is 11.4 Å². The quantitative estimate of drug-likeness (QED) is 0.917. The van der Waals surface area contributed by atoms with Crippen LogP contribution >= 0.6 is 11.8 Å². The van der Waals surface area contributed by atoms with E-state index in [4.69, 9.17) is 5.73 Å². The molecule has 22 heavy (non-hydrogen) atoms. The summed E-state index contributed by atoms with van der Waals surface area (Å²) in [5.41, 5.74) is 7.06. The number of piperidine rings is 1. The largest absolute Gasteiger partial charge is 0.364 e. The fourth-order valence-electron chi connectivity index (χ4n) is 3.64. The van der Waals surface area contributed by atoms with Gasteiger partial charge in [-0.2, -0.15) is 0 Å². The number of hydrogen-bond acceptors (Lipinski definition) is 4. The third-order valence-electron chi connectivity index (χ3n) is 4.69. The molecule has 4 heteroatoms. The molecule has 1 aliphatic heterocycles. The Morgan fingerprint density at radius 1 is 1.14 bits per heavy atom. The van der Waals surface area contributed by atoms with Gasteiger partial charge in [0.25, 0.3) is 0 Å². The molecule has 3 nitrogen and oxygen atoms in total. The first-order chi connectivity index (χ1) is 10.8. The molecule has 3 atom stereocenters. The lowest BCUT2D eigenvalue weighted by Gasteiger charge is -2.29. The van der Waals surface area contributed by atoms with E-state index in [1.807, 2.05) is 18.5 Å². The summed E-state index contributed by atoms with van der Waals surface area (Å²) in [6.45, 7) is 0.770. The van der Waals surface area contributed by atoms with Gasteiger partial charge in [0, 0.05) is 28.1 Å². The number of pyridine rings is 1. The molecule has 1 aromatic carbocycles. The topological polar surface area (TPSA) is 42.1 Å². The maximum absolute atomic E-state index is 5.79. The summed E-state index contributed by atoms with van der Waals surface area (Å²) in [6.07, 6.45) is 7.71. The number of rotatable bonds is 5. The smallest absolute Gasteiger partial charge is 0.0569 e. The van der Waals surface area contributed by atoms with Crippen molar-refractivity contribution in [1.29, 1.82) is 0 Å². The minimum Gasteiger partial charge on any atom is -0.364 e. The highest BCUT2D eigenvalue weighted by Gasteiger charge is 2.51. The van der Waals surface area contributed by atoms with Gasteiger partial charge in [0.2, 0.25) is 0 Å². The van der Waals surface area contributed by atoms with Crippen molar-refractivity contribution >= 4 is 17.4 Å². The van der Waals surface area contributed by atoms with Gasteiger partial charge in [0.1, 0.15) is 0 Å². The third kappa shape index (κ3) is 2.73. The fourth-order valence-corrected chi connectivity index (χ4v) is 4.50. The van der Waals surface area contributed by atoms with Crippen molar-refractivity contribution < 1.29 is 0 Å². The Balaban J connectivity index is 1.56. The van der Waals surface area contributed by atoms with Gasteiger partial charge < -0.3 is 10.6 Å². The number of anilines is 1. The van der Waals surface area contributed by atoms with Crippen LogP contribution in [0.1, 0.15) is 19.3 Å². The van der Waals surface area contributed by atoms with Crippen LogP contribution in [0.2, 0.25) is 0 Å². The molecule has 1 saturated carbocycles. The number of nitrogens with zero attached hydrogens (tertiary/aromatic N) is 2. The minimum absolute atomic E-state index is 0.604. The van der Waals surface area contributed by atoms with Gasteiger partial charge >= 0.3 is 0 Å². The molecule has 2 aromatic rings. The Bertz CT molecular complexity index is 646.